The summed E-state index contributed by atoms with van der Waals surface area (Å²) in [6.45, 7) is 3.87. The summed E-state index contributed by atoms with van der Waals surface area (Å²) in [7, 11) is 0. The highest BCUT2D eigenvalue weighted by Crippen LogP contribution is 2.22. The molecule has 0 aliphatic rings. The van der Waals surface area contributed by atoms with E-state index in [2.05, 4.69) is 15.3 Å². The zero-order valence-electron chi connectivity index (χ0n) is 15.1. The number of thioether (sulfide) groups is 1. The third-order valence-corrected chi connectivity index (χ3v) is 5.04. The Kier molecular flexibility index (Phi) is 6.48. The molecule has 0 spiro atoms. The Bertz CT molecular complexity index is 934. The van der Waals surface area contributed by atoms with Crippen LogP contribution in [0.25, 0.3) is 11.3 Å². The number of amides is 1. The molecule has 27 heavy (non-hydrogen) atoms. The van der Waals surface area contributed by atoms with Crippen molar-refractivity contribution in [3.8, 4) is 11.3 Å². The summed E-state index contributed by atoms with van der Waals surface area (Å²) in [5.74, 6) is 0.182. The van der Waals surface area contributed by atoms with E-state index in [9.17, 15) is 4.79 Å². The van der Waals surface area contributed by atoms with Gasteiger partial charge in [0.05, 0.1) is 17.5 Å². The van der Waals surface area contributed by atoms with Gasteiger partial charge in [0.15, 0.2) is 5.16 Å². The summed E-state index contributed by atoms with van der Waals surface area (Å²) in [5.41, 5.74) is 3.74. The molecular formula is C21H20ClN3OS. The van der Waals surface area contributed by atoms with Crippen molar-refractivity contribution in [2.24, 2.45) is 0 Å². The molecule has 6 heteroatoms. The van der Waals surface area contributed by atoms with Crippen molar-refractivity contribution in [3.05, 3.63) is 76.9 Å². The summed E-state index contributed by atoms with van der Waals surface area (Å²) >= 11 is 7.34. The molecule has 0 saturated heterocycles. The molecule has 0 fully saturated rings. The number of nitrogens with one attached hydrogen (secondary N) is 1. The monoisotopic (exact) mass is 397 g/mol. The maximum Gasteiger partial charge on any atom is 0.230 e. The third-order valence-electron chi connectivity index (χ3n) is 3.96. The fourth-order valence-corrected chi connectivity index (χ4v) is 3.55. The fraction of sp³-hybridized carbons (Fsp3) is 0.190. The number of benzene rings is 2. The van der Waals surface area contributed by atoms with Crippen molar-refractivity contribution >= 4 is 29.3 Å². The molecule has 1 heterocycles. The normalized spacial score (nSPS) is 11.8. The molecule has 1 N–H and O–H groups in total. The van der Waals surface area contributed by atoms with Crippen LogP contribution >= 0.6 is 23.4 Å². The van der Waals surface area contributed by atoms with E-state index in [-0.39, 0.29) is 17.7 Å². The molecule has 0 saturated carbocycles. The van der Waals surface area contributed by atoms with Gasteiger partial charge >= 0.3 is 0 Å². The number of nitrogens with zero attached hydrogens (tertiary/aromatic N) is 2. The van der Waals surface area contributed by atoms with Crippen molar-refractivity contribution in [3.63, 3.8) is 0 Å². The van der Waals surface area contributed by atoms with E-state index in [4.69, 9.17) is 11.6 Å². The zero-order chi connectivity index (χ0) is 19.2. The molecule has 0 unspecified atom stereocenters. The summed E-state index contributed by atoms with van der Waals surface area (Å²) in [5, 5.41) is 4.23. The van der Waals surface area contributed by atoms with Crippen molar-refractivity contribution in [2.75, 3.05) is 5.75 Å². The van der Waals surface area contributed by atoms with E-state index in [1.54, 1.807) is 0 Å². The highest BCUT2D eigenvalue weighted by atomic mass is 35.5. The van der Waals surface area contributed by atoms with Crippen LogP contribution in [0.2, 0.25) is 5.02 Å². The van der Waals surface area contributed by atoms with Crippen LogP contribution in [0.1, 0.15) is 24.2 Å². The Labute approximate surface area is 168 Å². The van der Waals surface area contributed by atoms with E-state index in [1.165, 1.54) is 11.8 Å². The predicted octanol–water partition coefficient (Wildman–Crippen LogP) is 5.07. The number of halogens is 1. The quantitative estimate of drug-likeness (QED) is 0.465. The molecule has 4 nitrogen and oxygen atoms in total. The van der Waals surface area contributed by atoms with Crippen molar-refractivity contribution in [2.45, 2.75) is 25.0 Å². The standard InChI is InChI=1S/C21H20ClN3OS/c1-14-11-19(16-7-4-3-5-8-16)25-21(23-14)27-13-20(26)24-15(2)17-9-6-10-18(22)12-17/h3-12,15H,13H2,1-2H3,(H,24,26)/t15-/m0/s1. The second-order valence-electron chi connectivity index (χ2n) is 6.18. The minimum Gasteiger partial charge on any atom is -0.349 e. The van der Waals surface area contributed by atoms with E-state index < -0.39 is 0 Å². The summed E-state index contributed by atoms with van der Waals surface area (Å²) < 4.78 is 0. The second kappa shape index (κ2) is 9.02. The largest absolute Gasteiger partial charge is 0.349 e. The highest BCUT2D eigenvalue weighted by molar-refractivity contribution is 7.99. The van der Waals surface area contributed by atoms with Crippen molar-refractivity contribution < 1.29 is 4.79 Å². The van der Waals surface area contributed by atoms with Gasteiger partial charge in [0, 0.05) is 16.3 Å². The van der Waals surface area contributed by atoms with Gasteiger partial charge < -0.3 is 5.32 Å². The molecule has 0 aliphatic heterocycles. The minimum absolute atomic E-state index is 0.0705. The predicted molar refractivity (Wildman–Crippen MR) is 111 cm³/mol. The maximum atomic E-state index is 12.3. The molecule has 2 aromatic carbocycles. The molecule has 1 amide bonds. The summed E-state index contributed by atoms with van der Waals surface area (Å²) in [6.07, 6.45) is 0. The summed E-state index contributed by atoms with van der Waals surface area (Å²) in [4.78, 5) is 21.3. The van der Waals surface area contributed by atoms with Crippen molar-refractivity contribution in [1.82, 2.24) is 15.3 Å². The molecule has 3 rings (SSSR count). The van der Waals surface area contributed by atoms with Gasteiger partial charge in [0.1, 0.15) is 0 Å². The minimum atomic E-state index is -0.116. The zero-order valence-corrected chi connectivity index (χ0v) is 16.7. The molecule has 0 aliphatic carbocycles. The van der Waals surface area contributed by atoms with Gasteiger partial charge in [0.25, 0.3) is 0 Å². The van der Waals surface area contributed by atoms with Crippen LogP contribution in [0.4, 0.5) is 0 Å². The Morgan fingerprint density at radius 3 is 2.63 bits per heavy atom. The Balaban J connectivity index is 1.63. The maximum absolute atomic E-state index is 12.3. The molecule has 3 aromatic rings. The van der Waals surface area contributed by atoms with Crippen LogP contribution in [0.3, 0.4) is 0 Å². The lowest BCUT2D eigenvalue weighted by Crippen LogP contribution is -2.28. The first kappa shape index (κ1) is 19.4. The van der Waals surface area contributed by atoms with Gasteiger partial charge in [-0.25, -0.2) is 9.97 Å². The average molecular weight is 398 g/mol. The Morgan fingerprint density at radius 2 is 1.89 bits per heavy atom. The lowest BCUT2D eigenvalue weighted by atomic mass is 10.1. The van der Waals surface area contributed by atoms with Gasteiger partial charge in [-0.05, 0) is 37.6 Å². The smallest absolute Gasteiger partial charge is 0.230 e. The van der Waals surface area contributed by atoms with Crippen LogP contribution in [0.15, 0.2) is 65.8 Å². The molecule has 138 valence electrons. The van der Waals surface area contributed by atoms with Crippen LogP contribution in [0, 0.1) is 6.92 Å². The van der Waals surface area contributed by atoms with Crippen LogP contribution < -0.4 is 5.32 Å². The van der Waals surface area contributed by atoms with Crippen LogP contribution in [-0.4, -0.2) is 21.6 Å². The van der Waals surface area contributed by atoms with E-state index in [1.807, 2.05) is 74.5 Å². The molecule has 0 bridgehead atoms. The average Bonchev–Trinajstić information content (AvgIpc) is 2.66. The van der Waals surface area contributed by atoms with Gasteiger partial charge in [-0.15, -0.1) is 0 Å². The number of hydrogen-bond donors (Lipinski definition) is 1. The number of carbonyl (C=O) groups is 1. The highest BCUT2D eigenvalue weighted by Gasteiger charge is 2.12. The number of rotatable bonds is 6. The molecule has 1 atom stereocenters. The molecule has 0 radical (unpaired) electrons. The lowest BCUT2D eigenvalue weighted by molar-refractivity contribution is -0.119. The SMILES string of the molecule is Cc1cc(-c2ccccc2)nc(SCC(=O)N[C@@H](C)c2cccc(Cl)c2)n1. The lowest BCUT2D eigenvalue weighted by Gasteiger charge is -2.14. The first-order valence-electron chi connectivity index (χ1n) is 8.60. The van der Waals surface area contributed by atoms with Crippen LogP contribution in [0.5, 0.6) is 0 Å². The van der Waals surface area contributed by atoms with E-state index in [0.29, 0.717) is 10.2 Å². The third kappa shape index (κ3) is 5.55. The van der Waals surface area contributed by atoms with Gasteiger partial charge in [-0.3, -0.25) is 4.79 Å². The number of aromatic nitrogens is 2. The number of carbonyl (C=O) groups excluding carboxylic acids is 1. The van der Waals surface area contributed by atoms with Crippen molar-refractivity contribution in [1.29, 1.82) is 0 Å². The number of aryl methyl sites for hydroxylation is 1. The Hall–Kier alpha value is -2.37. The summed E-state index contributed by atoms with van der Waals surface area (Å²) in [6, 6.07) is 19.3. The first-order chi connectivity index (χ1) is 13.0. The van der Waals surface area contributed by atoms with Gasteiger partial charge in [0.2, 0.25) is 5.91 Å². The number of hydrogen-bond acceptors (Lipinski definition) is 4. The van der Waals surface area contributed by atoms with E-state index >= 15 is 0 Å². The topological polar surface area (TPSA) is 54.9 Å². The second-order valence-corrected chi connectivity index (χ2v) is 7.55. The molecular weight excluding hydrogens is 378 g/mol. The van der Waals surface area contributed by atoms with Gasteiger partial charge in [-0.1, -0.05) is 65.8 Å². The molecule has 1 aromatic heterocycles. The Morgan fingerprint density at radius 1 is 1.11 bits per heavy atom. The fourth-order valence-electron chi connectivity index (χ4n) is 2.64. The van der Waals surface area contributed by atoms with Gasteiger partial charge in [-0.2, -0.15) is 0 Å². The van der Waals surface area contributed by atoms with E-state index in [0.717, 1.165) is 22.5 Å². The van der Waals surface area contributed by atoms with Crippen LogP contribution in [-0.2, 0) is 4.79 Å². The first-order valence-corrected chi connectivity index (χ1v) is 9.96.